The van der Waals surface area contributed by atoms with E-state index in [0.29, 0.717) is 11.3 Å². The summed E-state index contributed by atoms with van der Waals surface area (Å²) in [6, 6.07) is 7.08. The molecule has 1 unspecified atom stereocenters. The van der Waals surface area contributed by atoms with Crippen molar-refractivity contribution in [3.05, 3.63) is 36.0 Å². The van der Waals surface area contributed by atoms with E-state index in [1.54, 1.807) is 30.7 Å². The third-order valence-corrected chi connectivity index (χ3v) is 4.23. The number of thioether (sulfide) groups is 1. The van der Waals surface area contributed by atoms with Crippen molar-refractivity contribution in [3.8, 4) is 30.4 Å². The molecule has 0 radical (unpaired) electrons. The number of fused-ring (bicyclic) bond motifs is 1. The number of hydrogen-bond acceptors (Lipinski definition) is 4. The van der Waals surface area contributed by atoms with Crippen LogP contribution >= 0.6 is 11.8 Å². The van der Waals surface area contributed by atoms with Crippen molar-refractivity contribution in [3.63, 3.8) is 0 Å². The van der Waals surface area contributed by atoms with E-state index >= 15 is 0 Å². The fraction of sp³-hybridized carbons (Fsp3) is 0.176. The van der Waals surface area contributed by atoms with Crippen LogP contribution in [0, 0.1) is 24.7 Å². The van der Waals surface area contributed by atoms with Crippen LogP contribution in [0.3, 0.4) is 0 Å². The second-order valence-corrected chi connectivity index (χ2v) is 5.59. The molecule has 0 aliphatic rings. The standard InChI is InChI=1S/C17H14N2O2S/c1-4-8-17(22-3,16(18)20)21-14-6-7-15-13(10-14)9-12(5-2)11-19-15/h1-2,6-7,9-11H,8H2,3H3,(H2,18,20). The molecule has 0 saturated carbocycles. The molecule has 5 heteroatoms. The van der Waals surface area contributed by atoms with Gasteiger partial charge in [-0.15, -0.1) is 30.5 Å². The van der Waals surface area contributed by atoms with E-state index in [4.69, 9.17) is 23.3 Å². The van der Waals surface area contributed by atoms with Crippen LogP contribution in [0.25, 0.3) is 10.9 Å². The summed E-state index contributed by atoms with van der Waals surface area (Å²) < 4.78 is 5.80. The Bertz CT molecular complexity index is 804. The predicted molar refractivity (Wildman–Crippen MR) is 89.2 cm³/mol. The topological polar surface area (TPSA) is 65.2 Å². The van der Waals surface area contributed by atoms with Gasteiger partial charge in [0.05, 0.1) is 11.9 Å². The van der Waals surface area contributed by atoms with Gasteiger partial charge in [0.25, 0.3) is 5.91 Å². The first-order chi connectivity index (χ1) is 10.5. The zero-order chi connectivity index (χ0) is 16.2. The van der Waals surface area contributed by atoms with Crippen molar-refractivity contribution >= 4 is 28.6 Å². The Hall–Kier alpha value is -2.63. The summed E-state index contributed by atoms with van der Waals surface area (Å²) in [6.45, 7) is 0. The average Bonchev–Trinajstić information content (AvgIpc) is 2.53. The summed E-state index contributed by atoms with van der Waals surface area (Å²) in [7, 11) is 0. The maximum absolute atomic E-state index is 11.8. The first-order valence-electron chi connectivity index (χ1n) is 6.38. The number of carbonyl (C=O) groups is 1. The van der Waals surface area contributed by atoms with E-state index in [9.17, 15) is 4.79 Å². The van der Waals surface area contributed by atoms with Crippen molar-refractivity contribution in [2.24, 2.45) is 5.73 Å². The monoisotopic (exact) mass is 310 g/mol. The lowest BCUT2D eigenvalue weighted by molar-refractivity contribution is -0.126. The van der Waals surface area contributed by atoms with Crippen LogP contribution in [0.5, 0.6) is 5.75 Å². The fourth-order valence-electron chi connectivity index (χ4n) is 1.96. The first kappa shape index (κ1) is 15.8. The van der Waals surface area contributed by atoms with Crippen molar-refractivity contribution in [1.82, 2.24) is 4.98 Å². The second kappa shape index (κ2) is 6.43. The maximum atomic E-state index is 11.8. The number of pyridine rings is 1. The van der Waals surface area contributed by atoms with E-state index in [0.717, 1.165) is 10.9 Å². The number of nitrogens with two attached hydrogens (primary N) is 1. The first-order valence-corrected chi connectivity index (χ1v) is 7.61. The van der Waals surface area contributed by atoms with Gasteiger partial charge in [-0.25, -0.2) is 0 Å². The van der Waals surface area contributed by atoms with Gasteiger partial charge in [0, 0.05) is 17.1 Å². The molecule has 1 amide bonds. The minimum Gasteiger partial charge on any atom is -0.466 e. The molecule has 110 valence electrons. The zero-order valence-electron chi connectivity index (χ0n) is 12.0. The van der Waals surface area contributed by atoms with Crippen LogP contribution in [0.2, 0.25) is 0 Å². The summed E-state index contributed by atoms with van der Waals surface area (Å²) in [5.74, 6) is 4.82. The molecule has 0 saturated heterocycles. The molecular formula is C17H14N2O2S. The molecule has 2 N–H and O–H groups in total. The normalized spacial score (nSPS) is 12.9. The molecule has 1 atom stereocenters. The van der Waals surface area contributed by atoms with Gasteiger partial charge in [0.2, 0.25) is 4.93 Å². The van der Waals surface area contributed by atoms with Gasteiger partial charge in [-0.3, -0.25) is 9.78 Å². The van der Waals surface area contributed by atoms with Crippen LogP contribution in [-0.2, 0) is 4.79 Å². The van der Waals surface area contributed by atoms with E-state index in [2.05, 4.69) is 16.8 Å². The van der Waals surface area contributed by atoms with Gasteiger partial charge >= 0.3 is 0 Å². The lowest BCUT2D eigenvalue weighted by Gasteiger charge is -2.27. The van der Waals surface area contributed by atoms with Crippen molar-refractivity contribution in [2.75, 3.05) is 6.26 Å². The highest BCUT2D eigenvalue weighted by Gasteiger charge is 2.37. The van der Waals surface area contributed by atoms with Gasteiger partial charge in [0.15, 0.2) is 0 Å². The Morgan fingerprint density at radius 3 is 2.82 bits per heavy atom. The molecule has 22 heavy (non-hydrogen) atoms. The number of benzene rings is 1. The number of nitrogens with zero attached hydrogens (tertiary/aromatic N) is 1. The Morgan fingerprint density at radius 2 is 2.23 bits per heavy atom. The maximum Gasteiger partial charge on any atom is 0.273 e. The van der Waals surface area contributed by atoms with Crippen LogP contribution < -0.4 is 10.5 Å². The number of aromatic nitrogens is 1. The highest BCUT2D eigenvalue weighted by Crippen LogP contribution is 2.31. The quantitative estimate of drug-likeness (QED) is 0.679. The van der Waals surface area contributed by atoms with Gasteiger partial charge in [-0.1, -0.05) is 5.92 Å². The smallest absolute Gasteiger partial charge is 0.273 e. The van der Waals surface area contributed by atoms with Crippen LogP contribution in [0.4, 0.5) is 0 Å². The van der Waals surface area contributed by atoms with Crippen molar-refractivity contribution in [2.45, 2.75) is 11.4 Å². The minimum atomic E-state index is -1.29. The molecular weight excluding hydrogens is 296 g/mol. The van der Waals surface area contributed by atoms with Gasteiger partial charge in [0.1, 0.15) is 5.75 Å². The van der Waals surface area contributed by atoms with Crippen LogP contribution in [0.1, 0.15) is 12.0 Å². The molecule has 1 aromatic heterocycles. The Morgan fingerprint density at radius 1 is 1.45 bits per heavy atom. The molecule has 0 aliphatic heterocycles. The molecule has 0 fully saturated rings. The molecule has 0 spiro atoms. The number of terminal acetylenes is 2. The zero-order valence-corrected chi connectivity index (χ0v) is 12.8. The SMILES string of the molecule is C#CCC(Oc1ccc2ncc(C#C)cc2c1)(SC)C(N)=O. The number of hydrogen-bond donors (Lipinski definition) is 1. The van der Waals surface area contributed by atoms with Crippen molar-refractivity contribution in [1.29, 1.82) is 0 Å². The van der Waals surface area contributed by atoms with E-state index in [-0.39, 0.29) is 6.42 Å². The highest BCUT2D eigenvalue weighted by molar-refractivity contribution is 8.00. The lowest BCUT2D eigenvalue weighted by atomic mass is 10.1. The Kier molecular flexibility index (Phi) is 4.60. The van der Waals surface area contributed by atoms with Gasteiger partial charge in [-0.2, -0.15) is 0 Å². The lowest BCUT2D eigenvalue weighted by Crippen LogP contribution is -2.45. The van der Waals surface area contributed by atoms with E-state index < -0.39 is 10.8 Å². The summed E-state index contributed by atoms with van der Waals surface area (Å²) in [5.41, 5.74) is 6.90. The second-order valence-electron chi connectivity index (χ2n) is 4.53. The highest BCUT2D eigenvalue weighted by atomic mass is 32.2. The van der Waals surface area contributed by atoms with E-state index in [1.165, 1.54) is 11.8 Å². The number of rotatable bonds is 5. The average molecular weight is 310 g/mol. The third kappa shape index (κ3) is 3.00. The number of ether oxygens (including phenoxy) is 1. The van der Waals surface area contributed by atoms with Crippen LogP contribution in [0.15, 0.2) is 30.5 Å². The molecule has 0 aliphatic carbocycles. The van der Waals surface area contributed by atoms with E-state index in [1.807, 2.05) is 6.07 Å². The molecule has 2 aromatic rings. The summed E-state index contributed by atoms with van der Waals surface area (Å²) in [5, 5.41) is 0.813. The van der Waals surface area contributed by atoms with Crippen molar-refractivity contribution < 1.29 is 9.53 Å². The van der Waals surface area contributed by atoms with Gasteiger partial charge < -0.3 is 10.5 Å². The summed E-state index contributed by atoms with van der Waals surface area (Å²) in [4.78, 5) is 14.7. The molecule has 0 bridgehead atoms. The Labute approximate surface area is 133 Å². The molecule has 4 nitrogen and oxygen atoms in total. The summed E-state index contributed by atoms with van der Waals surface area (Å²) in [6.07, 6.45) is 14.1. The predicted octanol–water partition coefficient (Wildman–Crippen LogP) is 2.16. The van der Waals surface area contributed by atoms with Crippen LogP contribution in [-0.4, -0.2) is 22.1 Å². The Balaban J connectivity index is 2.44. The third-order valence-electron chi connectivity index (χ3n) is 3.14. The molecule has 1 aromatic carbocycles. The summed E-state index contributed by atoms with van der Waals surface area (Å²) >= 11 is 1.17. The fourth-order valence-corrected chi connectivity index (χ4v) is 2.57. The number of primary amides is 1. The minimum absolute atomic E-state index is 0.0736. The van der Waals surface area contributed by atoms with Gasteiger partial charge in [-0.05, 0) is 30.5 Å². The molecule has 1 heterocycles. The number of carbonyl (C=O) groups excluding carboxylic acids is 1. The number of amides is 1. The largest absolute Gasteiger partial charge is 0.466 e. The molecule has 2 rings (SSSR count).